The molecule has 0 N–H and O–H groups in total. The van der Waals surface area contributed by atoms with Crippen molar-refractivity contribution < 1.29 is 33.3 Å². The fraction of sp³-hybridized carbons (Fsp3) is 0.462. The van der Waals surface area contributed by atoms with Gasteiger partial charge in [0.05, 0.1) is 25.2 Å². The summed E-state index contributed by atoms with van der Waals surface area (Å²) in [6.45, 7) is 6.67. The largest absolute Gasteiger partial charge is 0.462 e. The highest BCUT2D eigenvalue weighted by Gasteiger charge is 2.27. The van der Waals surface area contributed by atoms with Crippen molar-refractivity contribution in [2.75, 3.05) is 26.4 Å². The topological polar surface area (TPSA) is 88.1 Å². The first-order valence-corrected chi connectivity index (χ1v) is 5.91. The molecule has 0 bridgehead atoms. The number of hydrogen-bond donors (Lipinski definition) is 0. The van der Waals surface area contributed by atoms with E-state index < -0.39 is 30.6 Å². The van der Waals surface area contributed by atoms with Crippen LogP contribution in [0.4, 0.5) is 0 Å². The van der Waals surface area contributed by atoms with Crippen LogP contribution in [0.3, 0.4) is 0 Å². The molecule has 0 aromatic heterocycles. The first kappa shape index (κ1) is 15.9. The van der Waals surface area contributed by atoms with Gasteiger partial charge in [-0.1, -0.05) is 12.7 Å². The Hall–Kier alpha value is -2.15. The highest BCUT2D eigenvalue weighted by Crippen LogP contribution is 2.10. The summed E-state index contributed by atoms with van der Waals surface area (Å²) in [5.74, 6) is -1.92. The molecule has 0 aliphatic carbocycles. The Labute approximate surface area is 116 Å². The highest BCUT2D eigenvalue weighted by molar-refractivity contribution is 5.89. The third kappa shape index (κ3) is 5.66. The maximum absolute atomic E-state index is 11.4. The zero-order valence-corrected chi connectivity index (χ0v) is 11.0. The maximum Gasteiger partial charge on any atom is 0.344 e. The van der Waals surface area contributed by atoms with Crippen molar-refractivity contribution in [1.29, 1.82) is 0 Å². The van der Waals surface area contributed by atoms with Gasteiger partial charge >= 0.3 is 17.9 Å². The Kier molecular flexibility index (Phi) is 6.45. The molecule has 1 atom stereocenters. The van der Waals surface area contributed by atoms with E-state index in [0.717, 1.165) is 0 Å². The molecule has 1 heterocycles. The van der Waals surface area contributed by atoms with Crippen LogP contribution in [0.2, 0.25) is 0 Å². The number of cyclic esters (lactones) is 1. The lowest BCUT2D eigenvalue weighted by atomic mass is 10.3. The van der Waals surface area contributed by atoms with Gasteiger partial charge in [-0.25, -0.2) is 9.59 Å². The van der Waals surface area contributed by atoms with Crippen molar-refractivity contribution in [3.8, 4) is 0 Å². The zero-order valence-electron chi connectivity index (χ0n) is 11.0. The molecule has 1 aliphatic rings. The monoisotopic (exact) mass is 284 g/mol. The first-order valence-electron chi connectivity index (χ1n) is 5.91. The predicted octanol–water partition coefficient (Wildman–Crippen LogP) is 0.147. The lowest BCUT2D eigenvalue weighted by molar-refractivity contribution is -0.160. The van der Waals surface area contributed by atoms with Crippen LogP contribution in [-0.2, 0) is 33.3 Å². The second kappa shape index (κ2) is 8.11. The van der Waals surface area contributed by atoms with Crippen LogP contribution in [0.5, 0.6) is 0 Å². The van der Waals surface area contributed by atoms with E-state index in [2.05, 4.69) is 22.6 Å². The summed E-state index contributed by atoms with van der Waals surface area (Å²) in [6, 6.07) is 0. The molecule has 1 fully saturated rings. The Bertz CT molecular complexity index is 413. The minimum absolute atomic E-state index is 0.00906. The Balaban J connectivity index is 2.19. The molecule has 20 heavy (non-hydrogen) atoms. The molecule has 1 rings (SSSR count). The maximum atomic E-state index is 11.4. The average Bonchev–Trinajstić information content (AvgIpc) is 2.81. The molecule has 0 aromatic carbocycles. The van der Waals surface area contributed by atoms with Crippen LogP contribution in [0.25, 0.3) is 0 Å². The van der Waals surface area contributed by atoms with Gasteiger partial charge in [0.25, 0.3) is 0 Å². The van der Waals surface area contributed by atoms with Gasteiger partial charge < -0.3 is 18.9 Å². The summed E-state index contributed by atoms with van der Waals surface area (Å²) in [5.41, 5.74) is 0.0824. The minimum Gasteiger partial charge on any atom is -0.462 e. The quantitative estimate of drug-likeness (QED) is 0.206. The van der Waals surface area contributed by atoms with Gasteiger partial charge in [-0.2, -0.15) is 0 Å². The molecule has 1 saturated heterocycles. The molecule has 110 valence electrons. The van der Waals surface area contributed by atoms with Gasteiger partial charge in [-0.15, -0.1) is 6.58 Å². The lowest BCUT2D eigenvalue weighted by Gasteiger charge is -2.10. The third-order valence-electron chi connectivity index (χ3n) is 2.24. The van der Waals surface area contributed by atoms with E-state index in [9.17, 15) is 14.4 Å². The number of carbonyl (C=O) groups excluding carboxylic acids is 3. The molecule has 1 aliphatic heterocycles. The van der Waals surface area contributed by atoms with E-state index in [-0.39, 0.29) is 31.8 Å². The lowest BCUT2D eigenvalue weighted by Crippen LogP contribution is -2.24. The summed E-state index contributed by atoms with van der Waals surface area (Å²) in [6.07, 6.45) is 0.927. The van der Waals surface area contributed by atoms with Crippen molar-refractivity contribution in [1.82, 2.24) is 0 Å². The summed E-state index contributed by atoms with van der Waals surface area (Å²) in [4.78, 5) is 33.6. The van der Waals surface area contributed by atoms with E-state index in [4.69, 9.17) is 9.47 Å². The minimum atomic E-state index is -0.749. The molecular formula is C13H16O7. The van der Waals surface area contributed by atoms with Gasteiger partial charge in [0.2, 0.25) is 0 Å². The summed E-state index contributed by atoms with van der Waals surface area (Å²) in [5, 5.41) is 0. The van der Waals surface area contributed by atoms with Gasteiger partial charge in [0, 0.05) is 0 Å². The second-order valence-electron chi connectivity index (χ2n) is 3.98. The van der Waals surface area contributed by atoms with Crippen LogP contribution in [0.1, 0.15) is 6.42 Å². The molecule has 0 radical (unpaired) electrons. The first-order chi connectivity index (χ1) is 9.52. The van der Waals surface area contributed by atoms with Crippen LogP contribution in [0, 0.1) is 0 Å². The molecule has 7 nitrogen and oxygen atoms in total. The van der Waals surface area contributed by atoms with Crippen molar-refractivity contribution in [2.24, 2.45) is 0 Å². The molecular weight excluding hydrogens is 268 g/mol. The summed E-state index contributed by atoms with van der Waals surface area (Å²) in [7, 11) is 0. The highest BCUT2D eigenvalue weighted by atomic mass is 16.6. The fourth-order valence-corrected chi connectivity index (χ4v) is 1.34. The van der Waals surface area contributed by atoms with Gasteiger partial charge in [-0.3, -0.25) is 4.79 Å². The Morgan fingerprint density at radius 2 is 2.15 bits per heavy atom. The zero-order chi connectivity index (χ0) is 15.0. The number of hydrogen-bond acceptors (Lipinski definition) is 7. The van der Waals surface area contributed by atoms with Crippen LogP contribution in [-0.4, -0.2) is 50.4 Å². The SMILES string of the molecule is C=CCOCC(=C)C(=O)OCC(=O)OC1COC(=O)C1. The normalized spacial score (nSPS) is 17.2. The van der Waals surface area contributed by atoms with Crippen LogP contribution >= 0.6 is 0 Å². The van der Waals surface area contributed by atoms with E-state index in [1.165, 1.54) is 6.08 Å². The van der Waals surface area contributed by atoms with E-state index in [1.54, 1.807) is 0 Å². The molecule has 0 amide bonds. The van der Waals surface area contributed by atoms with E-state index >= 15 is 0 Å². The molecule has 0 spiro atoms. The smallest absolute Gasteiger partial charge is 0.344 e. The standard InChI is InChI=1S/C13H16O7/c1-3-4-17-6-9(2)13(16)19-8-12(15)20-10-5-11(14)18-7-10/h3,10H,1-2,4-8H2. The van der Waals surface area contributed by atoms with E-state index in [1.807, 2.05) is 0 Å². The molecule has 0 aromatic rings. The third-order valence-corrected chi connectivity index (χ3v) is 2.24. The number of rotatable bonds is 8. The molecule has 1 unspecified atom stereocenters. The van der Waals surface area contributed by atoms with Crippen molar-refractivity contribution in [2.45, 2.75) is 12.5 Å². The Morgan fingerprint density at radius 1 is 1.40 bits per heavy atom. The predicted molar refractivity (Wildman–Crippen MR) is 66.6 cm³/mol. The number of ether oxygens (including phenoxy) is 4. The van der Waals surface area contributed by atoms with Crippen LogP contribution < -0.4 is 0 Å². The van der Waals surface area contributed by atoms with Crippen molar-refractivity contribution >= 4 is 17.9 Å². The molecule has 0 saturated carbocycles. The fourth-order valence-electron chi connectivity index (χ4n) is 1.34. The van der Waals surface area contributed by atoms with Crippen LogP contribution in [0.15, 0.2) is 24.8 Å². The van der Waals surface area contributed by atoms with Crippen molar-refractivity contribution in [3.05, 3.63) is 24.8 Å². The van der Waals surface area contributed by atoms with E-state index in [0.29, 0.717) is 0 Å². The van der Waals surface area contributed by atoms with Crippen molar-refractivity contribution in [3.63, 3.8) is 0 Å². The average molecular weight is 284 g/mol. The van der Waals surface area contributed by atoms with Gasteiger partial charge in [0.1, 0.15) is 12.7 Å². The second-order valence-corrected chi connectivity index (χ2v) is 3.98. The number of esters is 3. The molecule has 7 heteroatoms. The number of carbonyl (C=O) groups is 3. The van der Waals surface area contributed by atoms with Gasteiger partial charge in [0.15, 0.2) is 6.61 Å². The summed E-state index contributed by atoms with van der Waals surface area (Å²) < 4.78 is 19.2. The van der Waals surface area contributed by atoms with Gasteiger partial charge in [-0.05, 0) is 0 Å². The summed E-state index contributed by atoms with van der Waals surface area (Å²) >= 11 is 0. The Morgan fingerprint density at radius 3 is 2.75 bits per heavy atom.